The third-order valence-electron chi connectivity index (χ3n) is 7.68. The van der Waals surface area contributed by atoms with Gasteiger partial charge in [0.05, 0.1) is 18.4 Å². The molecule has 6 nitrogen and oxygen atoms in total. The van der Waals surface area contributed by atoms with Crippen LogP contribution in [0.3, 0.4) is 0 Å². The second-order valence-electron chi connectivity index (χ2n) is 10.6. The van der Waals surface area contributed by atoms with E-state index in [1.165, 1.54) is 11.1 Å². The van der Waals surface area contributed by atoms with Crippen LogP contribution >= 0.6 is 11.6 Å². The molecule has 0 N–H and O–H groups in total. The number of amides is 1. The van der Waals surface area contributed by atoms with Crippen molar-refractivity contribution in [1.82, 2.24) is 0 Å². The molecule has 8 heteroatoms. The largest absolute Gasteiger partial charge is 0.491 e. The lowest BCUT2D eigenvalue weighted by atomic mass is 9.93. The summed E-state index contributed by atoms with van der Waals surface area (Å²) >= 11 is 6.39. The van der Waals surface area contributed by atoms with Crippen LogP contribution in [0.25, 0.3) is 0 Å². The second-order valence-corrected chi connectivity index (χ2v) is 12.2. The zero-order valence-corrected chi connectivity index (χ0v) is 24.8. The number of rotatable bonds is 2. The van der Waals surface area contributed by atoms with Gasteiger partial charge in [0.25, 0.3) is 5.91 Å². The van der Waals surface area contributed by atoms with E-state index in [0.29, 0.717) is 30.4 Å². The molecule has 4 rings (SSSR count). The first kappa shape index (κ1) is 29.6. The maximum absolute atomic E-state index is 13.1. The summed E-state index contributed by atoms with van der Waals surface area (Å²) in [6, 6.07) is 11.6. The maximum atomic E-state index is 13.1. The highest BCUT2D eigenvalue weighted by molar-refractivity contribution is 7.75. The van der Waals surface area contributed by atoms with Crippen molar-refractivity contribution < 1.29 is 18.5 Å². The first-order valence-electron chi connectivity index (χ1n) is 14.0. The molecule has 0 aliphatic carbocycles. The van der Waals surface area contributed by atoms with Crippen molar-refractivity contribution in [2.75, 3.05) is 30.9 Å². The number of ether oxygens (including phenoxy) is 2. The van der Waals surface area contributed by atoms with E-state index in [1.54, 1.807) is 13.2 Å². The minimum atomic E-state index is -1.60. The number of nitrogens with zero attached hydrogens (tertiary/aromatic N) is 2. The van der Waals surface area contributed by atoms with E-state index in [9.17, 15) is 9.00 Å². The highest BCUT2D eigenvalue weighted by atomic mass is 35.5. The highest BCUT2D eigenvalue weighted by Crippen LogP contribution is 2.34. The summed E-state index contributed by atoms with van der Waals surface area (Å²) in [6.45, 7) is 6.23. The normalized spacial score (nSPS) is 24.6. The number of halogens is 1. The van der Waals surface area contributed by atoms with Crippen molar-refractivity contribution in [2.24, 2.45) is 16.2 Å². The smallest absolute Gasteiger partial charge is 0.254 e. The van der Waals surface area contributed by atoms with Gasteiger partial charge in [-0.2, -0.15) is 10.6 Å². The molecular weight excluding hydrogens is 532 g/mol. The number of fused-ring (bicyclic) bond motifs is 2. The number of carbonyl (C=O) groups is 1. The molecule has 2 aromatic rings. The fourth-order valence-corrected chi connectivity index (χ4v) is 6.56. The Morgan fingerprint density at radius 1 is 1.18 bits per heavy atom. The maximum Gasteiger partial charge on any atom is 0.254 e. The van der Waals surface area contributed by atoms with Gasteiger partial charge in [-0.05, 0) is 79.5 Å². The van der Waals surface area contributed by atoms with Crippen molar-refractivity contribution in [2.45, 2.75) is 65.0 Å². The Kier molecular flexibility index (Phi) is 10.9. The van der Waals surface area contributed by atoms with Crippen molar-refractivity contribution >= 4 is 33.8 Å². The van der Waals surface area contributed by atoms with Gasteiger partial charge in [0.1, 0.15) is 5.75 Å². The van der Waals surface area contributed by atoms with Gasteiger partial charge in [0.2, 0.25) is 0 Å². The molecule has 0 unspecified atom stereocenters. The van der Waals surface area contributed by atoms with Gasteiger partial charge in [-0.3, -0.25) is 4.79 Å². The first-order valence-corrected chi connectivity index (χ1v) is 15.7. The Morgan fingerprint density at radius 3 is 2.82 bits per heavy atom. The topological polar surface area (TPSA) is 68.2 Å². The zero-order valence-electron chi connectivity index (χ0n) is 23.2. The number of allylic oxidation sites excluding steroid dienone is 1. The molecule has 2 aliphatic rings. The first-order chi connectivity index (χ1) is 18.9. The number of benzene rings is 2. The fourth-order valence-electron chi connectivity index (χ4n) is 5.38. The van der Waals surface area contributed by atoms with Gasteiger partial charge in [-0.15, -0.1) is 0 Å². The average molecular weight is 572 g/mol. The Hall–Kier alpha value is -2.35. The Balaban J connectivity index is 1.81. The number of anilines is 1. The number of carbonyl (C=O) groups excluding carboxylic acids is 1. The van der Waals surface area contributed by atoms with Gasteiger partial charge in [-0.25, -0.2) is 0 Å². The third kappa shape index (κ3) is 8.09. The molecule has 2 heterocycles. The molecular formula is C31H40ClN2O4S-. The predicted molar refractivity (Wildman–Crippen MR) is 159 cm³/mol. The molecule has 0 fully saturated rings. The lowest BCUT2D eigenvalue weighted by molar-refractivity contribution is 0.0841. The molecule has 0 saturated heterocycles. The van der Waals surface area contributed by atoms with Gasteiger partial charge in [0.15, 0.2) is 0 Å². The number of hydrogen-bond acceptors (Lipinski definition) is 6. The van der Waals surface area contributed by atoms with E-state index in [2.05, 4.69) is 40.5 Å². The Bertz CT molecular complexity index is 1260. The molecule has 0 aromatic heterocycles. The van der Waals surface area contributed by atoms with E-state index in [1.807, 2.05) is 25.1 Å². The van der Waals surface area contributed by atoms with Crippen molar-refractivity contribution in [3.8, 4) is 5.75 Å². The Labute approximate surface area is 239 Å². The van der Waals surface area contributed by atoms with E-state index in [4.69, 9.17) is 21.1 Å². The summed E-state index contributed by atoms with van der Waals surface area (Å²) in [5, 5.41) is 0.742. The highest BCUT2D eigenvalue weighted by Gasteiger charge is 2.23. The monoisotopic (exact) mass is 571 g/mol. The van der Waals surface area contributed by atoms with Gasteiger partial charge < -0.3 is 22.9 Å². The summed E-state index contributed by atoms with van der Waals surface area (Å²) < 4.78 is 28.9. The molecule has 3 atom stereocenters. The SMILES string of the molecule is CC[C@@H]1CCN2Cc3ccc(Cl)cc3CCCCOc3ccc(cc32)C(=O)N=[S-](=O)C[C@@H](C)C/C=C/[C@@H]1OC. The summed E-state index contributed by atoms with van der Waals surface area (Å²) in [7, 11) is 0.169. The van der Waals surface area contributed by atoms with Crippen LogP contribution in [-0.2, 0) is 32.5 Å². The van der Waals surface area contributed by atoms with Gasteiger partial charge >= 0.3 is 0 Å². The van der Waals surface area contributed by atoms with E-state index in [-0.39, 0.29) is 12.0 Å². The van der Waals surface area contributed by atoms with E-state index in [0.717, 1.165) is 61.5 Å². The molecule has 1 amide bonds. The van der Waals surface area contributed by atoms with Crippen molar-refractivity contribution in [3.05, 3.63) is 70.3 Å². The summed E-state index contributed by atoms with van der Waals surface area (Å²) in [5.74, 6) is 1.07. The average Bonchev–Trinajstić information content (AvgIpc) is 2.94. The predicted octanol–water partition coefficient (Wildman–Crippen LogP) is 7.38. The van der Waals surface area contributed by atoms with Crippen LogP contribution in [0.2, 0.25) is 5.02 Å². The molecule has 2 bridgehead atoms. The fraction of sp³-hybridized carbons (Fsp3) is 0.516. The van der Waals surface area contributed by atoms with Crippen LogP contribution < -0.4 is 9.64 Å². The molecule has 0 saturated carbocycles. The van der Waals surface area contributed by atoms with Crippen molar-refractivity contribution in [3.63, 3.8) is 0 Å². The number of aryl methyl sites for hydroxylation is 1. The summed E-state index contributed by atoms with van der Waals surface area (Å²) in [6.07, 6.45) is 9.74. The lowest BCUT2D eigenvalue weighted by Crippen LogP contribution is -2.30. The summed E-state index contributed by atoms with van der Waals surface area (Å²) in [4.78, 5) is 15.4. The summed E-state index contributed by atoms with van der Waals surface area (Å²) in [5.41, 5.74) is 3.73. The van der Waals surface area contributed by atoms with E-state index < -0.39 is 16.5 Å². The minimum Gasteiger partial charge on any atom is -0.491 e. The van der Waals surface area contributed by atoms with Crippen LogP contribution in [0, 0.1) is 11.8 Å². The molecule has 0 spiro atoms. The van der Waals surface area contributed by atoms with Crippen molar-refractivity contribution in [1.29, 1.82) is 0 Å². The quantitative estimate of drug-likeness (QED) is 0.278. The van der Waals surface area contributed by atoms with Gasteiger partial charge in [0, 0.05) is 30.8 Å². The lowest BCUT2D eigenvalue weighted by Gasteiger charge is -2.31. The second kappa shape index (κ2) is 14.3. The molecule has 2 aromatic carbocycles. The van der Waals surface area contributed by atoms with Gasteiger partial charge in [-0.1, -0.05) is 61.8 Å². The van der Waals surface area contributed by atoms with Crippen LogP contribution in [-0.4, -0.2) is 38.0 Å². The zero-order chi connectivity index (χ0) is 27.8. The van der Waals surface area contributed by atoms with Crippen LogP contribution in [0.1, 0.15) is 67.4 Å². The van der Waals surface area contributed by atoms with E-state index >= 15 is 0 Å². The van der Waals surface area contributed by atoms with Crippen LogP contribution in [0.5, 0.6) is 5.75 Å². The standard InChI is InChI=1S/C31H40ClN2O4S/c1-4-23-15-16-34-20-26-11-13-27(32)18-24(26)9-5-6-17-38-30-14-12-25(19-28(30)34)31(35)33-39(36)21-22(2)8-7-10-29(23)37-3/h7,10-14,18-19,22-23,29H,4-6,8-9,15-17,20-21H2,1-3H3/q-1/b10-7+/t22-,23+,29-/m0/s1. The molecule has 2 aliphatic heterocycles. The number of hydrogen-bond donors (Lipinski definition) is 0. The van der Waals surface area contributed by atoms with Crippen LogP contribution in [0.4, 0.5) is 5.69 Å². The molecule has 212 valence electrons. The molecule has 0 radical (unpaired) electrons. The third-order valence-corrected chi connectivity index (χ3v) is 9.14. The minimum absolute atomic E-state index is 0.0102. The molecule has 39 heavy (non-hydrogen) atoms. The van der Waals surface area contributed by atoms with Crippen LogP contribution in [0.15, 0.2) is 52.9 Å². The Morgan fingerprint density at radius 2 is 2.03 bits per heavy atom. The number of methoxy groups -OCH3 is 1.